The Morgan fingerprint density at radius 2 is 1.75 bits per heavy atom. The second-order valence-corrected chi connectivity index (χ2v) is 3.99. The average molecular weight is 222 g/mol. The first-order valence-corrected chi connectivity index (χ1v) is 5.55. The van der Waals surface area contributed by atoms with Crippen molar-refractivity contribution in [3.63, 3.8) is 0 Å². The van der Waals surface area contributed by atoms with Crippen LogP contribution in [0, 0.1) is 0 Å². The predicted molar refractivity (Wildman–Crippen MR) is 62.4 cm³/mol. The maximum Gasteiger partial charge on any atom is 0.313 e. The molecule has 0 unspecified atom stereocenters. The van der Waals surface area contributed by atoms with Gasteiger partial charge in [0.05, 0.1) is 5.60 Å². The van der Waals surface area contributed by atoms with Crippen molar-refractivity contribution in [1.29, 1.82) is 0 Å². The molecule has 0 radical (unpaired) electrons. The molecule has 0 spiro atoms. The van der Waals surface area contributed by atoms with Crippen molar-refractivity contribution in [1.82, 2.24) is 0 Å². The largest absolute Gasteiger partial charge is 0.481 e. The molecule has 0 aromatic heterocycles. The number of carboxylic acids is 1. The molecule has 1 rings (SSSR count). The molecule has 0 heterocycles. The zero-order valence-corrected chi connectivity index (χ0v) is 9.68. The Labute approximate surface area is 95.7 Å². The Hall–Kier alpha value is -1.35. The van der Waals surface area contributed by atoms with Gasteiger partial charge >= 0.3 is 5.97 Å². The molecule has 1 atom stereocenters. The number of rotatable bonds is 5. The van der Waals surface area contributed by atoms with Crippen molar-refractivity contribution in [2.45, 2.75) is 38.2 Å². The number of hydrogen-bond donors (Lipinski definition) is 2. The normalized spacial score (nSPS) is 13.4. The maximum atomic E-state index is 11.3. The number of hydrogen-bond acceptors (Lipinski definition) is 2. The standard InChI is InChI=1S/C13H18O3/c1-3-13(16,4-2)11(12(14)15)10-8-6-5-7-9-10/h5-9,11,16H,3-4H2,1-2H3,(H,14,15)/t11-/m0/s1. The van der Waals surface area contributed by atoms with Crippen LogP contribution in [0.4, 0.5) is 0 Å². The fraction of sp³-hybridized carbons (Fsp3) is 0.462. The van der Waals surface area contributed by atoms with Crippen molar-refractivity contribution in [2.75, 3.05) is 0 Å². The van der Waals surface area contributed by atoms with Crippen LogP contribution in [-0.2, 0) is 4.79 Å². The van der Waals surface area contributed by atoms with E-state index in [1.807, 2.05) is 19.9 Å². The third-order valence-corrected chi connectivity index (χ3v) is 3.14. The summed E-state index contributed by atoms with van der Waals surface area (Å²) in [5.74, 6) is -1.83. The van der Waals surface area contributed by atoms with Gasteiger partial charge in [-0.1, -0.05) is 44.2 Å². The first kappa shape index (κ1) is 12.7. The summed E-state index contributed by atoms with van der Waals surface area (Å²) in [5, 5.41) is 19.6. The van der Waals surface area contributed by atoms with Gasteiger partial charge in [0.2, 0.25) is 0 Å². The number of carboxylic acid groups (broad SMARTS) is 1. The lowest BCUT2D eigenvalue weighted by Gasteiger charge is -2.32. The summed E-state index contributed by atoms with van der Waals surface area (Å²) in [5.41, 5.74) is -0.520. The van der Waals surface area contributed by atoms with Gasteiger partial charge in [-0.15, -0.1) is 0 Å². The van der Waals surface area contributed by atoms with Crippen LogP contribution in [0.1, 0.15) is 38.2 Å². The summed E-state index contributed by atoms with van der Waals surface area (Å²) in [6.07, 6.45) is 0.852. The third-order valence-electron chi connectivity index (χ3n) is 3.14. The van der Waals surface area contributed by atoms with Gasteiger partial charge in [-0.2, -0.15) is 0 Å². The average Bonchev–Trinajstić information content (AvgIpc) is 2.30. The number of benzene rings is 1. The van der Waals surface area contributed by atoms with Gasteiger partial charge in [0.1, 0.15) is 5.92 Å². The SMILES string of the molecule is CCC(O)(CC)[C@H](C(=O)O)c1ccccc1. The summed E-state index contributed by atoms with van der Waals surface area (Å²) in [6, 6.07) is 8.90. The zero-order chi connectivity index (χ0) is 12.2. The molecule has 1 aromatic carbocycles. The second-order valence-electron chi connectivity index (χ2n) is 3.99. The van der Waals surface area contributed by atoms with Crippen LogP contribution in [-0.4, -0.2) is 21.8 Å². The van der Waals surface area contributed by atoms with Crippen LogP contribution in [0.15, 0.2) is 30.3 Å². The summed E-state index contributed by atoms with van der Waals surface area (Å²) in [4.78, 5) is 11.3. The van der Waals surface area contributed by atoms with E-state index in [0.717, 1.165) is 0 Å². The topological polar surface area (TPSA) is 57.5 Å². The lowest BCUT2D eigenvalue weighted by molar-refractivity contribution is -0.146. The Balaban J connectivity index is 3.15. The smallest absolute Gasteiger partial charge is 0.313 e. The molecule has 3 nitrogen and oxygen atoms in total. The van der Waals surface area contributed by atoms with E-state index in [1.54, 1.807) is 24.3 Å². The molecule has 3 heteroatoms. The van der Waals surface area contributed by atoms with Gasteiger partial charge in [-0.05, 0) is 18.4 Å². The predicted octanol–water partition coefficient (Wildman–Crippen LogP) is 2.41. The highest BCUT2D eigenvalue weighted by Gasteiger charge is 2.39. The van der Waals surface area contributed by atoms with E-state index in [2.05, 4.69) is 0 Å². The van der Waals surface area contributed by atoms with E-state index in [4.69, 9.17) is 0 Å². The number of aliphatic hydroxyl groups is 1. The molecule has 0 bridgehead atoms. The van der Waals surface area contributed by atoms with Crippen molar-refractivity contribution in [3.05, 3.63) is 35.9 Å². The minimum Gasteiger partial charge on any atom is -0.481 e. The molecular formula is C13H18O3. The molecule has 0 aliphatic heterocycles. The van der Waals surface area contributed by atoms with Gasteiger partial charge in [0.15, 0.2) is 0 Å². The van der Waals surface area contributed by atoms with Crippen LogP contribution >= 0.6 is 0 Å². The Kier molecular flexibility index (Phi) is 4.07. The summed E-state index contributed by atoms with van der Waals surface area (Å²) in [7, 11) is 0. The van der Waals surface area contributed by atoms with E-state index in [9.17, 15) is 15.0 Å². The van der Waals surface area contributed by atoms with Crippen LogP contribution in [0.2, 0.25) is 0 Å². The first-order valence-electron chi connectivity index (χ1n) is 5.55. The Bertz CT molecular complexity index is 341. The fourth-order valence-corrected chi connectivity index (χ4v) is 1.99. The van der Waals surface area contributed by atoms with E-state index >= 15 is 0 Å². The van der Waals surface area contributed by atoms with E-state index in [1.165, 1.54) is 0 Å². The molecule has 2 N–H and O–H groups in total. The molecule has 0 saturated carbocycles. The molecular weight excluding hydrogens is 204 g/mol. The van der Waals surface area contributed by atoms with Crippen LogP contribution in [0.3, 0.4) is 0 Å². The molecule has 1 aromatic rings. The highest BCUT2D eigenvalue weighted by atomic mass is 16.4. The Morgan fingerprint density at radius 1 is 1.25 bits per heavy atom. The molecule has 0 fully saturated rings. The Morgan fingerprint density at radius 3 is 2.12 bits per heavy atom. The highest BCUT2D eigenvalue weighted by molar-refractivity contribution is 5.77. The van der Waals surface area contributed by atoms with Crippen molar-refractivity contribution in [3.8, 4) is 0 Å². The van der Waals surface area contributed by atoms with E-state index < -0.39 is 17.5 Å². The minimum absolute atomic E-state index is 0.426. The fourth-order valence-electron chi connectivity index (χ4n) is 1.99. The van der Waals surface area contributed by atoms with Crippen molar-refractivity contribution >= 4 is 5.97 Å². The van der Waals surface area contributed by atoms with Gasteiger partial charge in [0.25, 0.3) is 0 Å². The molecule has 0 aliphatic rings. The van der Waals surface area contributed by atoms with Gasteiger partial charge in [-0.3, -0.25) is 4.79 Å². The van der Waals surface area contributed by atoms with Gasteiger partial charge < -0.3 is 10.2 Å². The van der Waals surface area contributed by atoms with Crippen LogP contribution in [0.25, 0.3) is 0 Å². The molecule has 0 amide bonds. The molecule has 88 valence electrons. The lowest BCUT2D eigenvalue weighted by Crippen LogP contribution is -2.39. The van der Waals surface area contributed by atoms with Crippen LogP contribution < -0.4 is 0 Å². The number of carbonyl (C=O) groups is 1. The van der Waals surface area contributed by atoms with E-state index in [0.29, 0.717) is 18.4 Å². The quantitative estimate of drug-likeness (QED) is 0.804. The zero-order valence-electron chi connectivity index (χ0n) is 9.68. The summed E-state index contributed by atoms with van der Waals surface area (Å²) in [6.45, 7) is 3.62. The van der Waals surface area contributed by atoms with Gasteiger partial charge in [-0.25, -0.2) is 0 Å². The number of aliphatic carboxylic acids is 1. The van der Waals surface area contributed by atoms with Crippen LogP contribution in [0.5, 0.6) is 0 Å². The second kappa shape index (κ2) is 5.12. The van der Waals surface area contributed by atoms with E-state index in [-0.39, 0.29) is 0 Å². The summed E-state index contributed by atoms with van der Waals surface area (Å²) < 4.78 is 0. The monoisotopic (exact) mass is 222 g/mol. The van der Waals surface area contributed by atoms with Crippen molar-refractivity contribution in [2.24, 2.45) is 0 Å². The third kappa shape index (κ3) is 2.42. The molecule has 16 heavy (non-hydrogen) atoms. The maximum absolute atomic E-state index is 11.3. The van der Waals surface area contributed by atoms with Gasteiger partial charge in [0, 0.05) is 0 Å². The lowest BCUT2D eigenvalue weighted by atomic mass is 9.78. The molecule has 0 saturated heterocycles. The minimum atomic E-state index is -1.17. The highest BCUT2D eigenvalue weighted by Crippen LogP contribution is 2.33. The first-order chi connectivity index (χ1) is 7.55. The summed E-state index contributed by atoms with van der Waals surface area (Å²) >= 11 is 0. The molecule has 0 aliphatic carbocycles. The van der Waals surface area contributed by atoms with Crippen molar-refractivity contribution < 1.29 is 15.0 Å².